The lowest BCUT2D eigenvalue weighted by Crippen LogP contribution is -2.46. The maximum Gasteiger partial charge on any atom is 0.261 e. The Labute approximate surface area is 161 Å². The third-order valence-electron chi connectivity index (χ3n) is 5.24. The average molecular weight is 391 g/mol. The molecule has 0 bridgehead atoms. The fraction of sp³-hybridized carbons (Fsp3) is 0.474. The Bertz CT molecular complexity index is 833. The van der Waals surface area contributed by atoms with Crippen LogP contribution in [0.3, 0.4) is 0 Å². The molecule has 2 aliphatic rings. The Hall–Kier alpha value is -2.03. The monoisotopic (exact) mass is 391 g/mol. The van der Waals surface area contributed by atoms with E-state index >= 15 is 0 Å². The SMILES string of the molecule is O=C(NCCO)c1cc2c(s1)CCOC21CCN(c2ncccc2F)CC1. The van der Waals surface area contributed by atoms with Gasteiger partial charge < -0.3 is 20.1 Å². The highest BCUT2D eigenvalue weighted by Crippen LogP contribution is 2.45. The van der Waals surface area contributed by atoms with Crippen LogP contribution in [0.5, 0.6) is 0 Å². The topological polar surface area (TPSA) is 74.7 Å². The summed E-state index contributed by atoms with van der Waals surface area (Å²) < 4.78 is 20.3. The smallest absolute Gasteiger partial charge is 0.261 e. The van der Waals surface area contributed by atoms with Crippen LogP contribution >= 0.6 is 11.3 Å². The summed E-state index contributed by atoms with van der Waals surface area (Å²) in [5, 5.41) is 11.6. The molecular formula is C19H22FN3O3S. The molecule has 2 N–H and O–H groups in total. The molecule has 0 aromatic carbocycles. The first-order valence-electron chi connectivity index (χ1n) is 9.15. The van der Waals surface area contributed by atoms with E-state index in [9.17, 15) is 9.18 Å². The lowest BCUT2D eigenvalue weighted by molar-refractivity contribution is -0.0757. The zero-order valence-electron chi connectivity index (χ0n) is 14.9. The molecule has 144 valence electrons. The number of ether oxygens (including phenoxy) is 1. The number of anilines is 1. The zero-order chi connectivity index (χ0) is 18.9. The molecular weight excluding hydrogens is 369 g/mol. The van der Waals surface area contributed by atoms with Crippen LogP contribution in [0.4, 0.5) is 10.2 Å². The molecule has 1 saturated heterocycles. The summed E-state index contributed by atoms with van der Waals surface area (Å²) in [7, 11) is 0. The normalized spacial score (nSPS) is 18.4. The Morgan fingerprint density at radius 3 is 3.00 bits per heavy atom. The highest BCUT2D eigenvalue weighted by Gasteiger charge is 2.42. The van der Waals surface area contributed by atoms with Crippen molar-refractivity contribution < 1.29 is 19.0 Å². The summed E-state index contributed by atoms with van der Waals surface area (Å²) in [6, 6.07) is 4.95. The van der Waals surface area contributed by atoms with E-state index in [1.165, 1.54) is 22.3 Å². The molecule has 1 spiro atoms. The van der Waals surface area contributed by atoms with Crippen molar-refractivity contribution in [1.82, 2.24) is 10.3 Å². The first-order chi connectivity index (χ1) is 13.1. The van der Waals surface area contributed by atoms with Crippen molar-refractivity contribution >= 4 is 23.1 Å². The van der Waals surface area contributed by atoms with Gasteiger partial charge in [-0.3, -0.25) is 4.79 Å². The third-order valence-corrected chi connectivity index (χ3v) is 6.43. The number of carbonyl (C=O) groups is 1. The fourth-order valence-corrected chi connectivity index (χ4v) is 5.04. The van der Waals surface area contributed by atoms with Gasteiger partial charge in [0.2, 0.25) is 0 Å². The molecule has 6 nitrogen and oxygen atoms in total. The summed E-state index contributed by atoms with van der Waals surface area (Å²) in [5.74, 6) is -0.0820. The van der Waals surface area contributed by atoms with Crippen molar-refractivity contribution in [2.24, 2.45) is 0 Å². The van der Waals surface area contributed by atoms with Gasteiger partial charge in [-0.15, -0.1) is 11.3 Å². The largest absolute Gasteiger partial charge is 0.395 e. The number of hydrogen-bond donors (Lipinski definition) is 2. The van der Waals surface area contributed by atoms with Gasteiger partial charge in [-0.25, -0.2) is 9.37 Å². The first-order valence-corrected chi connectivity index (χ1v) is 9.96. The summed E-state index contributed by atoms with van der Waals surface area (Å²) in [5.41, 5.74) is 0.676. The van der Waals surface area contributed by atoms with Crippen LogP contribution in [0.2, 0.25) is 0 Å². The molecule has 1 amide bonds. The van der Waals surface area contributed by atoms with Crippen molar-refractivity contribution in [2.45, 2.75) is 24.9 Å². The van der Waals surface area contributed by atoms with E-state index in [1.807, 2.05) is 11.0 Å². The number of halogens is 1. The second kappa shape index (κ2) is 7.53. The number of pyridine rings is 1. The van der Waals surface area contributed by atoms with E-state index in [-0.39, 0.29) is 24.9 Å². The lowest BCUT2D eigenvalue weighted by Gasteiger charge is -2.44. The van der Waals surface area contributed by atoms with Gasteiger partial charge in [0.15, 0.2) is 11.6 Å². The van der Waals surface area contributed by atoms with E-state index in [2.05, 4.69) is 10.3 Å². The second-order valence-corrected chi connectivity index (χ2v) is 7.95. The highest BCUT2D eigenvalue weighted by molar-refractivity contribution is 7.14. The molecule has 2 aromatic rings. The van der Waals surface area contributed by atoms with Crippen molar-refractivity contribution in [3.8, 4) is 0 Å². The minimum atomic E-state index is -0.415. The van der Waals surface area contributed by atoms with Gasteiger partial charge in [-0.1, -0.05) is 0 Å². The Morgan fingerprint density at radius 2 is 2.26 bits per heavy atom. The van der Waals surface area contributed by atoms with E-state index in [0.29, 0.717) is 30.4 Å². The van der Waals surface area contributed by atoms with E-state index < -0.39 is 5.60 Å². The quantitative estimate of drug-likeness (QED) is 0.835. The van der Waals surface area contributed by atoms with Gasteiger partial charge in [0.25, 0.3) is 5.91 Å². The number of amides is 1. The summed E-state index contributed by atoms with van der Waals surface area (Å²) in [6.07, 6.45) is 3.86. The molecule has 1 fully saturated rings. The number of fused-ring (bicyclic) bond motifs is 2. The van der Waals surface area contributed by atoms with Crippen molar-refractivity contribution in [1.29, 1.82) is 0 Å². The Balaban J connectivity index is 1.54. The maximum atomic E-state index is 14.0. The van der Waals surface area contributed by atoms with Gasteiger partial charge in [0.05, 0.1) is 23.7 Å². The number of aromatic nitrogens is 1. The number of rotatable bonds is 4. The average Bonchev–Trinajstić information content (AvgIpc) is 3.14. The minimum absolute atomic E-state index is 0.0796. The van der Waals surface area contributed by atoms with Gasteiger partial charge >= 0.3 is 0 Å². The van der Waals surface area contributed by atoms with Crippen LogP contribution in [0, 0.1) is 5.82 Å². The van der Waals surface area contributed by atoms with Crippen LogP contribution < -0.4 is 10.2 Å². The number of piperidine rings is 1. The van der Waals surface area contributed by atoms with Crippen molar-refractivity contribution in [3.63, 3.8) is 0 Å². The summed E-state index contributed by atoms with van der Waals surface area (Å²) in [6.45, 7) is 2.09. The van der Waals surface area contributed by atoms with Crippen LogP contribution in [0.25, 0.3) is 0 Å². The van der Waals surface area contributed by atoms with Gasteiger partial charge in [-0.2, -0.15) is 0 Å². The second-order valence-electron chi connectivity index (χ2n) is 6.82. The van der Waals surface area contributed by atoms with E-state index in [0.717, 1.165) is 24.8 Å². The van der Waals surface area contributed by atoms with Gasteiger partial charge in [0, 0.05) is 37.1 Å². The van der Waals surface area contributed by atoms with Crippen LogP contribution in [-0.4, -0.2) is 48.8 Å². The zero-order valence-corrected chi connectivity index (χ0v) is 15.7. The highest BCUT2D eigenvalue weighted by atomic mass is 32.1. The molecule has 8 heteroatoms. The Kier molecular flexibility index (Phi) is 5.12. The van der Waals surface area contributed by atoms with E-state index in [4.69, 9.17) is 9.84 Å². The van der Waals surface area contributed by atoms with Crippen LogP contribution in [-0.2, 0) is 16.8 Å². The molecule has 27 heavy (non-hydrogen) atoms. The number of nitrogens with one attached hydrogen (secondary N) is 1. The molecule has 2 aromatic heterocycles. The molecule has 0 radical (unpaired) electrons. The number of aliphatic hydroxyl groups excluding tert-OH is 1. The Morgan fingerprint density at radius 1 is 1.44 bits per heavy atom. The minimum Gasteiger partial charge on any atom is -0.395 e. The fourth-order valence-electron chi connectivity index (χ4n) is 3.89. The van der Waals surface area contributed by atoms with Crippen LogP contribution in [0.1, 0.15) is 33.0 Å². The number of hydrogen-bond acceptors (Lipinski definition) is 6. The molecule has 0 unspecified atom stereocenters. The summed E-state index contributed by atoms with van der Waals surface area (Å²) in [4.78, 5) is 20.2. The molecule has 4 rings (SSSR count). The molecule has 2 aliphatic heterocycles. The van der Waals surface area contributed by atoms with Crippen molar-refractivity contribution in [2.75, 3.05) is 37.7 Å². The standard InChI is InChI=1S/C19H22FN3O3S/c20-14-2-1-6-21-17(14)23-8-4-19(5-9-23)13-12-16(18(25)22-7-10-24)27-15(13)3-11-26-19/h1-2,6,12,24H,3-5,7-11H2,(H,22,25). The van der Waals surface area contributed by atoms with Gasteiger partial charge in [-0.05, 0) is 36.6 Å². The maximum absolute atomic E-state index is 14.0. The van der Waals surface area contributed by atoms with Crippen LogP contribution in [0.15, 0.2) is 24.4 Å². The summed E-state index contributed by atoms with van der Waals surface area (Å²) >= 11 is 1.50. The third kappa shape index (κ3) is 3.44. The molecule has 4 heterocycles. The predicted molar refractivity (Wildman–Crippen MR) is 101 cm³/mol. The predicted octanol–water partition coefficient (Wildman–Crippen LogP) is 2.07. The number of carbonyl (C=O) groups excluding carboxylic acids is 1. The molecule has 0 saturated carbocycles. The van der Waals surface area contributed by atoms with Crippen molar-refractivity contribution in [3.05, 3.63) is 45.5 Å². The van der Waals surface area contributed by atoms with E-state index in [1.54, 1.807) is 12.3 Å². The first kappa shape index (κ1) is 18.3. The molecule has 0 aliphatic carbocycles. The molecule has 0 atom stereocenters. The number of aliphatic hydroxyl groups is 1. The van der Waals surface area contributed by atoms with Gasteiger partial charge in [0.1, 0.15) is 0 Å². The lowest BCUT2D eigenvalue weighted by atomic mass is 9.82. The number of thiophene rings is 1. The number of nitrogens with zero attached hydrogens (tertiary/aromatic N) is 2.